The Morgan fingerprint density at radius 2 is 1.71 bits per heavy atom. The molecule has 1 aliphatic heterocycles. The number of carbonyl (C=O) groups excluding carboxylic acids is 3. The first kappa shape index (κ1) is 26.2. The van der Waals surface area contributed by atoms with Gasteiger partial charge in [0.2, 0.25) is 5.91 Å². The van der Waals surface area contributed by atoms with Gasteiger partial charge in [0.15, 0.2) is 0 Å². The van der Waals surface area contributed by atoms with Crippen LogP contribution in [0.3, 0.4) is 0 Å². The summed E-state index contributed by atoms with van der Waals surface area (Å²) in [6, 6.07) is 14.0. The second kappa shape index (κ2) is 13.5. The molecule has 0 radical (unpaired) electrons. The fourth-order valence-corrected chi connectivity index (χ4v) is 4.01. The highest BCUT2D eigenvalue weighted by molar-refractivity contribution is 5.97. The van der Waals surface area contributed by atoms with Crippen LogP contribution >= 0.6 is 0 Å². The highest BCUT2D eigenvalue weighted by atomic mass is 16.5. The SMILES string of the molecule is CCCN(CCC)C(=O)c1ccc(NC(=O)CNc2cccc(C(=O)NCC3CCCO3)c2)cc1. The zero-order chi connectivity index (χ0) is 25.0. The first-order valence-electron chi connectivity index (χ1n) is 12.4. The van der Waals surface area contributed by atoms with Crippen molar-refractivity contribution in [1.82, 2.24) is 10.2 Å². The van der Waals surface area contributed by atoms with E-state index < -0.39 is 0 Å². The highest BCUT2D eigenvalue weighted by Gasteiger charge is 2.17. The lowest BCUT2D eigenvalue weighted by Crippen LogP contribution is -2.32. The molecule has 0 spiro atoms. The molecule has 1 fully saturated rings. The first-order valence-corrected chi connectivity index (χ1v) is 12.4. The molecule has 8 nitrogen and oxygen atoms in total. The van der Waals surface area contributed by atoms with Crippen molar-refractivity contribution >= 4 is 29.1 Å². The van der Waals surface area contributed by atoms with E-state index in [1.807, 2.05) is 11.0 Å². The van der Waals surface area contributed by atoms with Crippen LogP contribution in [0.4, 0.5) is 11.4 Å². The molecule has 1 heterocycles. The number of anilines is 2. The van der Waals surface area contributed by atoms with Crippen molar-refractivity contribution in [3.8, 4) is 0 Å². The van der Waals surface area contributed by atoms with E-state index in [1.54, 1.807) is 42.5 Å². The Balaban J connectivity index is 1.48. The Morgan fingerprint density at radius 1 is 0.971 bits per heavy atom. The van der Waals surface area contributed by atoms with Crippen LogP contribution < -0.4 is 16.0 Å². The van der Waals surface area contributed by atoms with Crippen LogP contribution in [0.5, 0.6) is 0 Å². The van der Waals surface area contributed by atoms with Crippen molar-refractivity contribution in [2.45, 2.75) is 45.6 Å². The first-order chi connectivity index (χ1) is 17.0. The number of amides is 3. The van der Waals surface area contributed by atoms with Gasteiger partial charge in [-0.15, -0.1) is 0 Å². The molecule has 35 heavy (non-hydrogen) atoms. The van der Waals surface area contributed by atoms with Gasteiger partial charge in [-0.3, -0.25) is 14.4 Å². The number of hydrogen-bond acceptors (Lipinski definition) is 5. The van der Waals surface area contributed by atoms with E-state index in [1.165, 1.54) is 0 Å². The van der Waals surface area contributed by atoms with Crippen molar-refractivity contribution in [2.75, 3.05) is 43.4 Å². The zero-order valence-corrected chi connectivity index (χ0v) is 20.6. The third-order valence-corrected chi connectivity index (χ3v) is 5.78. The molecule has 0 aromatic heterocycles. The molecule has 3 amide bonds. The molecular formula is C27H36N4O4. The summed E-state index contributed by atoms with van der Waals surface area (Å²) in [7, 11) is 0. The number of benzene rings is 2. The Hall–Kier alpha value is -3.39. The van der Waals surface area contributed by atoms with Crippen LogP contribution in [0.2, 0.25) is 0 Å². The summed E-state index contributed by atoms with van der Waals surface area (Å²) < 4.78 is 5.53. The van der Waals surface area contributed by atoms with E-state index in [9.17, 15) is 14.4 Å². The molecule has 1 saturated heterocycles. The Morgan fingerprint density at radius 3 is 2.37 bits per heavy atom. The molecule has 8 heteroatoms. The van der Waals surface area contributed by atoms with Crippen molar-refractivity contribution in [3.63, 3.8) is 0 Å². The van der Waals surface area contributed by atoms with E-state index in [0.717, 1.165) is 45.4 Å². The maximum absolute atomic E-state index is 12.7. The van der Waals surface area contributed by atoms with Crippen LogP contribution in [-0.4, -0.2) is 61.5 Å². The average molecular weight is 481 g/mol. The van der Waals surface area contributed by atoms with Gasteiger partial charge in [0.25, 0.3) is 11.8 Å². The number of nitrogens with one attached hydrogen (secondary N) is 3. The van der Waals surface area contributed by atoms with E-state index in [4.69, 9.17) is 4.74 Å². The number of hydrogen-bond donors (Lipinski definition) is 3. The number of nitrogens with zero attached hydrogens (tertiary/aromatic N) is 1. The maximum Gasteiger partial charge on any atom is 0.253 e. The third kappa shape index (κ3) is 8.10. The summed E-state index contributed by atoms with van der Waals surface area (Å²) >= 11 is 0. The van der Waals surface area contributed by atoms with Gasteiger partial charge in [-0.2, -0.15) is 0 Å². The molecular weight excluding hydrogens is 444 g/mol. The summed E-state index contributed by atoms with van der Waals surface area (Å²) in [5.74, 6) is -0.386. The minimum absolute atomic E-state index is 0.00734. The third-order valence-electron chi connectivity index (χ3n) is 5.78. The van der Waals surface area contributed by atoms with Gasteiger partial charge >= 0.3 is 0 Å². The normalized spacial score (nSPS) is 14.9. The lowest BCUT2D eigenvalue weighted by molar-refractivity contribution is -0.114. The van der Waals surface area contributed by atoms with Gasteiger partial charge in [-0.1, -0.05) is 19.9 Å². The Labute approximate surface area is 207 Å². The topological polar surface area (TPSA) is 99.8 Å². The van der Waals surface area contributed by atoms with E-state index in [2.05, 4.69) is 29.8 Å². The predicted molar refractivity (Wildman–Crippen MR) is 138 cm³/mol. The van der Waals surface area contributed by atoms with E-state index >= 15 is 0 Å². The van der Waals surface area contributed by atoms with Gasteiger partial charge in [0.1, 0.15) is 0 Å². The summed E-state index contributed by atoms with van der Waals surface area (Å²) in [6.07, 6.45) is 3.90. The van der Waals surface area contributed by atoms with Crippen molar-refractivity contribution in [2.24, 2.45) is 0 Å². The quantitative estimate of drug-likeness (QED) is 0.428. The molecule has 1 unspecified atom stereocenters. The molecule has 0 saturated carbocycles. The second-order valence-corrected chi connectivity index (χ2v) is 8.70. The van der Waals surface area contributed by atoms with Gasteiger partial charge < -0.3 is 25.6 Å². The van der Waals surface area contributed by atoms with Crippen LogP contribution in [0, 0.1) is 0 Å². The van der Waals surface area contributed by atoms with Crippen molar-refractivity contribution < 1.29 is 19.1 Å². The van der Waals surface area contributed by atoms with E-state index in [-0.39, 0.29) is 30.4 Å². The molecule has 1 aliphatic rings. The van der Waals surface area contributed by atoms with Gasteiger partial charge in [0, 0.05) is 48.7 Å². The summed E-state index contributed by atoms with van der Waals surface area (Å²) in [6.45, 7) is 6.87. The molecule has 0 aliphatic carbocycles. The van der Waals surface area contributed by atoms with Crippen LogP contribution in [0.1, 0.15) is 60.2 Å². The Bertz CT molecular complexity index is 981. The second-order valence-electron chi connectivity index (χ2n) is 8.70. The van der Waals surface area contributed by atoms with Gasteiger partial charge in [-0.25, -0.2) is 0 Å². The van der Waals surface area contributed by atoms with Crippen molar-refractivity contribution in [3.05, 3.63) is 59.7 Å². The molecule has 2 aromatic carbocycles. The molecule has 3 rings (SSSR count). The summed E-state index contributed by atoms with van der Waals surface area (Å²) in [4.78, 5) is 39.4. The standard InChI is InChI=1S/C27H36N4O4/c1-3-14-31(15-4-2)27(34)20-10-12-22(13-11-20)30-25(32)19-28-23-8-5-7-21(17-23)26(33)29-18-24-9-6-16-35-24/h5,7-8,10-13,17,24,28H,3-4,6,9,14-16,18-19H2,1-2H3,(H,29,33)(H,30,32). The minimum Gasteiger partial charge on any atom is -0.376 e. The number of rotatable bonds is 12. The van der Waals surface area contributed by atoms with Crippen molar-refractivity contribution in [1.29, 1.82) is 0 Å². The van der Waals surface area contributed by atoms with Crippen LogP contribution in [0.25, 0.3) is 0 Å². The van der Waals surface area contributed by atoms with Crippen LogP contribution in [-0.2, 0) is 9.53 Å². The molecule has 188 valence electrons. The maximum atomic E-state index is 12.7. The fourth-order valence-electron chi connectivity index (χ4n) is 4.01. The smallest absolute Gasteiger partial charge is 0.253 e. The van der Waals surface area contributed by atoms with E-state index in [0.29, 0.717) is 29.0 Å². The number of carbonyl (C=O) groups is 3. The highest BCUT2D eigenvalue weighted by Crippen LogP contribution is 2.14. The predicted octanol–water partition coefficient (Wildman–Crippen LogP) is 3.91. The lowest BCUT2D eigenvalue weighted by atomic mass is 10.1. The number of ether oxygens (including phenoxy) is 1. The minimum atomic E-state index is -0.226. The summed E-state index contributed by atoms with van der Waals surface area (Å²) in [5.41, 5.74) is 2.43. The largest absolute Gasteiger partial charge is 0.376 e. The summed E-state index contributed by atoms with van der Waals surface area (Å²) in [5, 5.41) is 8.78. The van der Waals surface area contributed by atoms with Gasteiger partial charge in [-0.05, 0) is 68.1 Å². The van der Waals surface area contributed by atoms with Crippen LogP contribution in [0.15, 0.2) is 48.5 Å². The molecule has 3 N–H and O–H groups in total. The molecule has 0 bridgehead atoms. The monoisotopic (exact) mass is 480 g/mol. The molecule has 1 atom stereocenters. The lowest BCUT2D eigenvalue weighted by Gasteiger charge is -2.21. The Kier molecular flexibility index (Phi) is 10.1. The average Bonchev–Trinajstić information content (AvgIpc) is 3.40. The molecule has 2 aromatic rings. The van der Waals surface area contributed by atoms with Gasteiger partial charge in [0.05, 0.1) is 12.6 Å². The zero-order valence-electron chi connectivity index (χ0n) is 20.6. The fraction of sp³-hybridized carbons (Fsp3) is 0.444.